The van der Waals surface area contributed by atoms with Crippen molar-refractivity contribution in [1.82, 2.24) is 5.32 Å². The molecule has 0 heterocycles. The van der Waals surface area contributed by atoms with E-state index in [9.17, 15) is 4.79 Å². The van der Waals surface area contributed by atoms with E-state index in [2.05, 4.69) is 5.32 Å². The van der Waals surface area contributed by atoms with Crippen molar-refractivity contribution in [3.8, 4) is 0 Å². The van der Waals surface area contributed by atoms with Crippen molar-refractivity contribution in [2.24, 2.45) is 11.7 Å². The van der Waals surface area contributed by atoms with Crippen LogP contribution in [0.2, 0.25) is 10.0 Å². The van der Waals surface area contributed by atoms with Gasteiger partial charge in [0.25, 0.3) is 5.91 Å². The fraction of sp³-hybridized carbons (Fsp3) is 0.500. The van der Waals surface area contributed by atoms with Gasteiger partial charge in [-0.2, -0.15) is 0 Å². The van der Waals surface area contributed by atoms with E-state index in [-0.39, 0.29) is 11.4 Å². The maximum Gasteiger partial charge on any atom is 0.253 e. The lowest BCUT2D eigenvalue weighted by Gasteiger charge is -2.29. The summed E-state index contributed by atoms with van der Waals surface area (Å²) in [6.07, 6.45) is 4.13. The first-order valence-electron chi connectivity index (χ1n) is 6.47. The van der Waals surface area contributed by atoms with E-state index in [1.165, 1.54) is 11.8 Å². The zero-order chi connectivity index (χ0) is 14.9. The monoisotopic (exact) mass is 332 g/mol. The van der Waals surface area contributed by atoms with Crippen LogP contribution in [0.5, 0.6) is 0 Å². The lowest BCUT2D eigenvalue weighted by molar-refractivity contribution is 0.0898. The zero-order valence-electron chi connectivity index (χ0n) is 11.5. The van der Waals surface area contributed by atoms with Crippen LogP contribution in [0.1, 0.15) is 30.1 Å². The maximum atomic E-state index is 12.4. The van der Waals surface area contributed by atoms with Gasteiger partial charge in [-0.05, 0) is 44.1 Å². The van der Waals surface area contributed by atoms with E-state index in [4.69, 9.17) is 28.9 Å². The molecule has 1 amide bonds. The van der Waals surface area contributed by atoms with Crippen LogP contribution in [0.3, 0.4) is 0 Å². The minimum atomic E-state index is -0.362. The average Bonchev–Trinajstić information content (AvgIpc) is 3.23. The fourth-order valence-electron chi connectivity index (χ4n) is 2.23. The highest BCUT2D eigenvalue weighted by atomic mass is 35.5. The summed E-state index contributed by atoms with van der Waals surface area (Å²) in [6, 6.07) is 3.34. The van der Waals surface area contributed by atoms with Gasteiger partial charge in [-0.15, -0.1) is 11.8 Å². The molecule has 6 heteroatoms. The van der Waals surface area contributed by atoms with Gasteiger partial charge in [0.05, 0.1) is 21.1 Å². The van der Waals surface area contributed by atoms with Gasteiger partial charge in [0.2, 0.25) is 0 Å². The predicted octanol–water partition coefficient (Wildman–Crippen LogP) is 3.57. The first-order valence-corrected chi connectivity index (χ1v) is 8.45. The number of hydrogen-bond donors (Lipinski definition) is 2. The summed E-state index contributed by atoms with van der Waals surface area (Å²) in [5.41, 5.74) is 5.90. The number of carbonyl (C=O) groups excluding carboxylic acids is 1. The summed E-state index contributed by atoms with van der Waals surface area (Å²) in [7, 11) is 0. The molecule has 0 aromatic heterocycles. The third kappa shape index (κ3) is 3.25. The number of amides is 1. The summed E-state index contributed by atoms with van der Waals surface area (Å²) in [5.74, 6) is 0.268. The molecule has 0 radical (unpaired) electrons. The predicted molar refractivity (Wildman–Crippen MR) is 85.9 cm³/mol. The van der Waals surface area contributed by atoms with Crippen LogP contribution in [-0.2, 0) is 0 Å². The third-order valence-electron chi connectivity index (χ3n) is 3.79. The van der Waals surface area contributed by atoms with Gasteiger partial charge in [-0.3, -0.25) is 4.79 Å². The van der Waals surface area contributed by atoms with Gasteiger partial charge in [0.1, 0.15) is 0 Å². The minimum Gasteiger partial charge on any atom is -0.345 e. The van der Waals surface area contributed by atoms with Crippen LogP contribution < -0.4 is 11.1 Å². The number of hydrogen-bond acceptors (Lipinski definition) is 3. The minimum absolute atomic E-state index is 0.193. The number of benzene rings is 1. The smallest absolute Gasteiger partial charge is 0.253 e. The highest BCUT2D eigenvalue weighted by Gasteiger charge is 2.41. The van der Waals surface area contributed by atoms with Gasteiger partial charge in [-0.1, -0.05) is 23.2 Å². The lowest BCUT2D eigenvalue weighted by Crippen LogP contribution is -2.53. The van der Waals surface area contributed by atoms with Crippen LogP contribution in [0, 0.1) is 5.92 Å². The van der Waals surface area contributed by atoms with Crippen LogP contribution in [-0.4, -0.2) is 24.2 Å². The Bertz CT molecular complexity index is 534. The number of rotatable bonds is 5. The Morgan fingerprint density at radius 2 is 2.10 bits per heavy atom. The number of nitrogens with two attached hydrogens (primary N) is 1. The molecule has 1 atom stereocenters. The van der Waals surface area contributed by atoms with E-state index in [0.29, 0.717) is 28.1 Å². The van der Waals surface area contributed by atoms with E-state index >= 15 is 0 Å². The molecule has 1 aromatic carbocycles. The Balaban J connectivity index is 2.24. The summed E-state index contributed by atoms with van der Waals surface area (Å²) in [5, 5.41) is 3.95. The zero-order valence-corrected chi connectivity index (χ0v) is 13.8. The van der Waals surface area contributed by atoms with Crippen molar-refractivity contribution < 1.29 is 4.79 Å². The van der Waals surface area contributed by atoms with Crippen molar-refractivity contribution in [3.05, 3.63) is 27.7 Å². The molecular weight excluding hydrogens is 315 g/mol. The topological polar surface area (TPSA) is 55.1 Å². The molecule has 3 N–H and O–H groups in total. The van der Waals surface area contributed by atoms with E-state index in [0.717, 1.165) is 17.7 Å². The van der Waals surface area contributed by atoms with Gasteiger partial charge < -0.3 is 11.1 Å². The van der Waals surface area contributed by atoms with Gasteiger partial charge >= 0.3 is 0 Å². The van der Waals surface area contributed by atoms with Crippen molar-refractivity contribution in [1.29, 1.82) is 0 Å². The maximum absolute atomic E-state index is 12.4. The molecule has 1 aliphatic rings. The Morgan fingerprint density at radius 1 is 1.45 bits per heavy atom. The van der Waals surface area contributed by atoms with Crippen molar-refractivity contribution in [2.45, 2.75) is 30.2 Å². The molecule has 1 fully saturated rings. The summed E-state index contributed by atoms with van der Waals surface area (Å²) >= 11 is 13.7. The lowest BCUT2D eigenvalue weighted by atomic mass is 9.95. The Morgan fingerprint density at radius 3 is 2.60 bits per heavy atom. The number of thioether (sulfide) groups is 1. The molecule has 1 aliphatic carbocycles. The molecule has 1 aromatic rings. The second kappa shape index (κ2) is 6.14. The number of carbonyl (C=O) groups is 1. The normalized spacial score (nSPS) is 17.6. The van der Waals surface area contributed by atoms with Gasteiger partial charge in [0, 0.05) is 11.4 Å². The molecule has 20 heavy (non-hydrogen) atoms. The van der Waals surface area contributed by atoms with Crippen LogP contribution in [0.15, 0.2) is 17.0 Å². The van der Waals surface area contributed by atoms with Crippen molar-refractivity contribution in [2.75, 3.05) is 12.8 Å². The summed E-state index contributed by atoms with van der Waals surface area (Å²) < 4.78 is 0. The highest BCUT2D eigenvalue weighted by Crippen LogP contribution is 2.39. The van der Waals surface area contributed by atoms with Gasteiger partial charge in [-0.25, -0.2) is 0 Å². The second-order valence-corrected chi connectivity index (χ2v) is 6.98. The van der Waals surface area contributed by atoms with E-state index in [1.54, 1.807) is 12.1 Å². The standard InChI is InChI=1S/C14H18Cl2N2OS/c1-14(7-17,8-3-4-8)18-13(19)9-5-12(20-2)11(16)6-10(9)15/h5-6,8H,3-4,7,17H2,1-2H3,(H,18,19). The molecule has 110 valence electrons. The second-order valence-electron chi connectivity index (χ2n) is 5.32. The molecule has 0 spiro atoms. The highest BCUT2D eigenvalue weighted by molar-refractivity contribution is 7.98. The van der Waals surface area contributed by atoms with Gasteiger partial charge in [0.15, 0.2) is 0 Å². The first kappa shape index (κ1) is 16.0. The Labute approximate surface area is 133 Å². The molecule has 2 rings (SSSR count). The summed E-state index contributed by atoms with van der Waals surface area (Å²) in [4.78, 5) is 13.3. The molecule has 0 saturated heterocycles. The van der Waals surface area contributed by atoms with Crippen molar-refractivity contribution in [3.63, 3.8) is 0 Å². The Hall–Kier alpha value is -0.420. The molecule has 1 saturated carbocycles. The van der Waals surface area contributed by atoms with Crippen molar-refractivity contribution >= 4 is 40.9 Å². The first-order chi connectivity index (χ1) is 9.41. The average molecular weight is 333 g/mol. The quantitative estimate of drug-likeness (QED) is 0.810. The van der Waals surface area contributed by atoms with Crippen LogP contribution in [0.4, 0.5) is 0 Å². The number of halogens is 2. The largest absolute Gasteiger partial charge is 0.345 e. The van der Waals surface area contributed by atoms with Crippen LogP contribution >= 0.6 is 35.0 Å². The molecule has 0 aliphatic heterocycles. The molecule has 0 bridgehead atoms. The third-order valence-corrected chi connectivity index (χ3v) is 5.30. The summed E-state index contributed by atoms with van der Waals surface area (Å²) in [6.45, 7) is 2.41. The fourth-order valence-corrected chi connectivity index (χ4v) is 3.42. The molecule has 3 nitrogen and oxygen atoms in total. The van der Waals surface area contributed by atoms with Crippen LogP contribution in [0.25, 0.3) is 0 Å². The molecular formula is C14H18Cl2N2OS. The van der Waals surface area contributed by atoms with E-state index < -0.39 is 0 Å². The molecule has 1 unspecified atom stereocenters. The Kier molecular flexibility index (Phi) is 4.90. The van der Waals surface area contributed by atoms with E-state index in [1.807, 2.05) is 13.2 Å². The number of nitrogens with one attached hydrogen (secondary N) is 1. The SMILES string of the molecule is CSc1cc(C(=O)NC(C)(CN)C2CC2)c(Cl)cc1Cl.